The second kappa shape index (κ2) is 7.58. The Bertz CT molecular complexity index is 460. The van der Waals surface area contributed by atoms with Crippen molar-refractivity contribution in [1.29, 1.82) is 0 Å². The Morgan fingerprint density at radius 3 is 2.47 bits per heavy atom. The van der Waals surface area contributed by atoms with Crippen molar-refractivity contribution in [3.05, 3.63) is 48.0 Å². The van der Waals surface area contributed by atoms with Gasteiger partial charge in [-0.15, -0.1) is 0 Å². The van der Waals surface area contributed by atoms with Crippen molar-refractivity contribution < 1.29 is 4.79 Å². The maximum atomic E-state index is 8.81. The van der Waals surface area contributed by atoms with Crippen molar-refractivity contribution in [3.8, 4) is 0 Å². The van der Waals surface area contributed by atoms with Gasteiger partial charge in [0.25, 0.3) is 0 Å². The molecule has 0 aliphatic carbocycles. The van der Waals surface area contributed by atoms with E-state index < -0.39 is 0 Å². The van der Waals surface area contributed by atoms with Gasteiger partial charge < -0.3 is 10.1 Å². The van der Waals surface area contributed by atoms with Gasteiger partial charge >= 0.3 is 0 Å². The molecule has 0 saturated heterocycles. The Morgan fingerprint density at radius 2 is 1.76 bits per heavy atom. The number of hydrogen-bond donors (Lipinski definition) is 1. The molecule has 0 heterocycles. The van der Waals surface area contributed by atoms with E-state index in [1.54, 1.807) is 0 Å². The van der Waals surface area contributed by atoms with Crippen LogP contribution in [0, 0.1) is 0 Å². The van der Waals surface area contributed by atoms with E-state index in [2.05, 4.69) is 47.8 Å². The summed E-state index contributed by atoms with van der Waals surface area (Å²) in [6, 6.07) is 15.1. The largest absolute Gasteiger partial charge is 0.319 e. The summed E-state index contributed by atoms with van der Waals surface area (Å²) in [7, 11) is 1.99. The molecule has 90 valence electrons. The quantitative estimate of drug-likeness (QED) is 0.820. The maximum absolute atomic E-state index is 8.81. The average Bonchev–Trinajstić information content (AvgIpc) is 2.37. The summed E-state index contributed by atoms with van der Waals surface area (Å²) in [4.78, 5) is 8.81. The smallest absolute Gasteiger partial charge is 0.116 e. The van der Waals surface area contributed by atoms with Crippen LogP contribution in [0.5, 0.6) is 0 Å². The van der Waals surface area contributed by atoms with Crippen LogP contribution in [0.25, 0.3) is 10.8 Å². The lowest BCUT2D eigenvalue weighted by Gasteiger charge is -2.05. The highest BCUT2D eigenvalue weighted by molar-refractivity contribution is 5.85. The topological polar surface area (TPSA) is 29.1 Å². The number of carbonyl (C=O) groups excluding carboxylic acids is 1. The number of fused-ring (bicyclic) bond motifs is 1. The number of hydrogen-bond acceptors (Lipinski definition) is 2. The number of carbonyl (C=O) groups is 1. The summed E-state index contributed by atoms with van der Waals surface area (Å²) < 4.78 is 0. The lowest BCUT2D eigenvalue weighted by molar-refractivity contribution is -0.106. The highest BCUT2D eigenvalue weighted by Gasteiger charge is 1.98. The Labute approximate surface area is 103 Å². The fourth-order valence-electron chi connectivity index (χ4n) is 1.77. The van der Waals surface area contributed by atoms with E-state index >= 15 is 0 Å². The van der Waals surface area contributed by atoms with Gasteiger partial charge in [0.05, 0.1) is 0 Å². The molecule has 0 atom stereocenters. The Morgan fingerprint density at radius 1 is 1.12 bits per heavy atom. The fraction of sp³-hybridized carbons (Fsp3) is 0.267. The number of benzene rings is 2. The molecule has 2 aromatic carbocycles. The zero-order chi connectivity index (χ0) is 12.5. The molecule has 0 aromatic heterocycles. The van der Waals surface area contributed by atoms with E-state index in [-0.39, 0.29) is 0 Å². The summed E-state index contributed by atoms with van der Waals surface area (Å²) in [6.07, 6.45) is 1.85. The lowest BCUT2D eigenvalue weighted by atomic mass is 10.0. The molecule has 2 rings (SSSR count). The maximum Gasteiger partial charge on any atom is 0.116 e. The Kier molecular flexibility index (Phi) is 5.97. The van der Waals surface area contributed by atoms with Crippen LogP contribution in [0.15, 0.2) is 42.5 Å². The molecule has 2 heteroatoms. The second-order valence-corrected chi connectivity index (χ2v) is 3.73. The van der Waals surface area contributed by atoms with Gasteiger partial charge in [-0.2, -0.15) is 0 Å². The van der Waals surface area contributed by atoms with Gasteiger partial charge in [0.2, 0.25) is 0 Å². The van der Waals surface area contributed by atoms with Crippen LogP contribution in [0.1, 0.15) is 12.5 Å². The Hall–Kier alpha value is -1.67. The summed E-state index contributed by atoms with van der Waals surface area (Å²) in [5.74, 6) is 0. The second-order valence-electron chi connectivity index (χ2n) is 3.73. The van der Waals surface area contributed by atoms with Crippen molar-refractivity contribution in [3.63, 3.8) is 0 Å². The molecule has 0 unspecified atom stereocenters. The molecule has 0 fully saturated rings. The Balaban J connectivity index is 0.000000437. The SMILES string of the molecule is CC=O.CNCCc1cccc2ccccc12. The first kappa shape index (κ1) is 13.4. The third kappa shape index (κ3) is 4.00. The molecule has 0 amide bonds. The number of rotatable bonds is 3. The van der Waals surface area contributed by atoms with Crippen LogP contribution in [0.4, 0.5) is 0 Å². The van der Waals surface area contributed by atoms with Gasteiger partial charge in [0.1, 0.15) is 6.29 Å². The predicted molar refractivity (Wildman–Crippen MR) is 73.3 cm³/mol. The zero-order valence-corrected chi connectivity index (χ0v) is 10.4. The van der Waals surface area contributed by atoms with Crippen LogP contribution in [-0.4, -0.2) is 19.9 Å². The van der Waals surface area contributed by atoms with E-state index in [1.807, 2.05) is 7.05 Å². The van der Waals surface area contributed by atoms with Gasteiger partial charge in [-0.1, -0.05) is 42.5 Å². The van der Waals surface area contributed by atoms with E-state index in [1.165, 1.54) is 23.3 Å². The van der Waals surface area contributed by atoms with E-state index in [0.717, 1.165) is 19.3 Å². The van der Waals surface area contributed by atoms with Gasteiger partial charge in [0, 0.05) is 0 Å². The van der Waals surface area contributed by atoms with Crippen molar-refractivity contribution in [2.45, 2.75) is 13.3 Å². The lowest BCUT2D eigenvalue weighted by Crippen LogP contribution is -2.10. The van der Waals surface area contributed by atoms with Crippen LogP contribution in [0.3, 0.4) is 0 Å². The summed E-state index contributed by atoms with van der Waals surface area (Å²) in [5, 5.41) is 5.90. The molecule has 0 saturated carbocycles. The molecule has 17 heavy (non-hydrogen) atoms. The molecular weight excluding hydrogens is 210 g/mol. The van der Waals surface area contributed by atoms with Crippen LogP contribution in [0.2, 0.25) is 0 Å². The minimum Gasteiger partial charge on any atom is -0.319 e. The summed E-state index contributed by atoms with van der Waals surface area (Å²) >= 11 is 0. The standard InChI is InChI=1S/C13H15N.C2H4O/c1-14-10-9-12-7-4-6-11-5-2-3-8-13(11)12;1-2-3/h2-8,14H,9-10H2,1H3;2H,1H3. The third-order valence-corrected chi connectivity index (χ3v) is 2.52. The minimum atomic E-state index is 0.750. The molecule has 0 aliphatic rings. The summed E-state index contributed by atoms with van der Waals surface area (Å²) in [6.45, 7) is 2.48. The normalized spacial score (nSPS) is 9.53. The first-order valence-corrected chi connectivity index (χ1v) is 5.84. The molecule has 2 aromatic rings. The van der Waals surface area contributed by atoms with Crippen molar-refractivity contribution in [1.82, 2.24) is 5.32 Å². The third-order valence-electron chi connectivity index (χ3n) is 2.52. The average molecular weight is 229 g/mol. The molecule has 2 nitrogen and oxygen atoms in total. The predicted octanol–water partition coefficient (Wildman–Crippen LogP) is 2.81. The molecule has 1 N–H and O–H groups in total. The molecule has 0 spiro atoms. The van der Waals surface area contributed by atoms with Crippen molar-refractivity contribution >= 4 is 17.1 Å². The first-order valence-electron chi connectivity index (χ1n) is 5.84. The fourth-order valence-corrected chi connectivity index (χ4v) is 1.77. The van der Waals surface area contributed by atoms with Crippen LogP contribution >= 0.6 is 0 Å². The minimum absolute atomic E-state index is 0.750. The van der Waals surface area contributed by atoms with Gasteiger partial charge in [-0.05, 0) is 43.3 Å². The van der Waals surface area contributed by atoms with Gasteiger partial charge in [-0.25, -0.2) is 0 Å². The van der Waals surface area contributed by atoms with Crippen LogP contribution < -0.4 is 5.32 Å². The van der Waals surface area contributed by atoms with E-state index in [4.69, 9.17) is 4.79 Å². The molecule has 0 aliphatic heterocycles. The highest BCUT2D eigenvalue weighted by atomic mass is 16.1. The molecule has 0 bridgehead atoms. The zero-order valence-electron chi connectivity index (χ0n) is 10.4. The van der Waals surface area contributed by atoms with E-state index in [9.17, 15) is 0 Å². The van der Waals surface area contributed by atoms with Gasteiger partial charge in [-0.3, -0.25) is 0 Å². The molecule has 0 radical (unpaired) electrons. The van der Waals surface area contributed by atoms with Gasteiger partial charge in [0.15, 0.2) is 0 Å². The van der Waals surface area contributed by atoms with Crippen LogP contribution in [-0.2, 0) is 11.2 Å². The highest BCUT2D eigenvalue weighted by Crippen LogP contribution is 2.18. The monoisotopic (exact) mass is 229 g/mol. The van der Waals surface area contributed by atoms with Crippen molar-refractivity contribution in [2.75, 3.05) is 13.6 Å². The number of aldehydes is 1. The van der Waals surface area contributed by atoms with Crippen molar-refractivity contribution in [2.24, 2.45) is 0 Å². The first-order chi connectivity index (χ1) is 8.33. The molecular formula is C15H19NO. The number of likely N-dealkylation sites (N-methyl/N-ethyl adjacent to an activating group) is 1. The summed E-state index contributed by atoms with van der Waals surface area (Å²) in [5.41, 5.74) is 1.43. The van der Waals surface area contributed by atoms with E-state index in [0.29, 0.717) is 0 Å². The number of nitrogens with one attached hydrogen (secondary N) is 1.